The van der Waals surface area contributed by atoms with Crippen molar-refractivity contribution < 1.29 is 13.5 Å². The van der Waals surface area contributed by atoms with Crippen LogP contribution in [0.3, 0.4) is 0 Å². The van der Waals surface area contributed by atoms with Crippen LogP contribution in [-0.2, 0) is 16.6 Å². The minimum atomic E-state index is -3.48. The lowest BCUT2D eigenvalue weighted by Crippen LogP contribution is -2.29. The predicted molar refractivity (Wildman–Crippen MR) is 71.2 cm³/mol. The van der Waals surface area contributed by atoms with E-state index in [1.165, 1.54) is 4.31 Å². The molecule has 1 N–H and O–H groups in total. The van der Waals surface area contributed by atoms with E-state index >= 15 is 0 Å². The van der Waals surface area contributed by atoms with E-state index in [1.807, 2.05) is 11.5 Å². The molecule has 2 heterocycles. The number of aromatic nitrogens is 2. The van der Waals surface area contributed by atoms with Gasteiger partial charge in [0.05, 0.1) is 0 Å². The number of aliphatic hydroxyl groups is 1. The zero-order valence-corrected chi connectivity index (χ0v) is 12.2. The fraction of sp³-hybridized carbons (Fsp3) is 0.750. The lowest BCUT2D eigenvalue weighted by Gasteiger charge is -2.14. The molecule has 1 fully saturated rings. The average Bonchev–Trinajstić information content (AvgIpc) is 2.96. The number of nitrogens with zero attached hydrogens (tertiary/aromatic N) is 3. The number of imidazole rings is 1. The Bertz CT molecular complexity index is 538. The number of sulfonamides is 1. The van der Waals surface area contributed by atoms with Crippen molar-refractivity contribution in [3.05, 3.63) is 12.0 Å². The Morgan fingerprint density at radius 2 is 2.26 bits per heavy atom. The Labute approximate surface area is 114 Å². The maximum atomic E-state index is 12.5. The molecule has 0 amide bonds. The van der Waals surface area contributed by atoms with Gasteiger partial charge in [-0.15, -0.1) is 0 Å². The summed E-state index contributed by atoms with van der Waals surface area (Å²) in [5, 5.41) is 9.06. The van der Waals surface area contributed by atoms with E-state index in [2.05, 4.69) is 4.98 Å². The second-order valence-corrected chi connectivity index (χ2v) is 6.83. The van der Waals surface area contributed by atoms with E-state index in [1.54, 1.807) is 13.1 Å². The van der Waals surface area contributed by atoms with Gasteiger partial charge in [-0.25, -0.2) is 13.4 Å². The number of aryl methyl sites for hydroxylation is 2. The van der Waals surface area contributed by atoms with Crippen LogP contribution in [0, 0.1) is 12.8 Å². The summed E-state index contributed by atoms with van der Waals surface area (Å²) in [4.78, 5) is 4.15. The summed E-state index contributed by atoms with van der Waals surface area (Å²) in [6.45, 7) is 5.59. The van der Waals surface area contributed by atoms with Crippen molar-refractivity contribution in [2.75, 3.05) is 19.7 Å². The maximum Gasteiger partial charge on any atom is 0.262 e. The van der Waals surface area contributed by atoms with Crippen molar-refractivity contribution >= 4 is 10.0 Å². The van der Waals surface area contributed by atoms with Crippen molar-refractivity contribution in [2.24, 2.45) is 5.92 Å². The minimum absolute atomic E-state index is 0.113. The van der Waals surface area contributed by atoms with Crippen molar-refractivity contribution in [1.82, 2.24) is 13.9 Å². The SMILES string of the molecule is CCn1cc(S(=O)(=O)N2CCC(CCO)C2)nc1C. The number of rotatable bonds is 5. The van der Waals surface area contributed by atoms with Crippen molar-refractivity contribution in [3.63, 3.8) is 0 Å². The minimum Gasteiger partial charge on any atom is -0.396 e. The highest BCUT2D eigenvalue weighted by Gasteiger charge is 2.33. The van der Waals surface area contributed by atoms with Gasteiger partial charge in [0.2, 0.25) is 0 Å². The van der Waals surface area contributed by atoms with E-state index in [0.717, 1.165) is 6.42 Å². The molecule has 0 saturated carbocycles. The van der Waals surface area contributed by atoms with Crippen LogP contribution in [0.5, 0.6) is 0 Å². The first kappa shape index (κ1) is 14.5. The van der Waals surface area contributed by atoms with Gasteiger partial charge in [0, 0.05) is 32.4 Å². The van der Waals surface area contributed by atoms with E-state index in [9.17, 15) is 8.42 Å². The Morgan fingerprint density at radius 1 is 1.53 bits per heavy atom. The highest BCUT2D eigenvalue weighted by molar-refractivity contribution is 7.89. The van der Waals surface area contributed by atoms with Crippen LogP contribution in [0.4, 0.5) is 0 Å². The zero-order valence-electron chi connectivity index (χ0n) is 11.4. The summed E-state index contributed by atoms with van der Waals surface area (Å²) in [5.41, 5.74) is 0. The zero-order chi connectivity index (χ0) is 14.0. The molecule has 7 heteroatoms. The topological polar surface area (TPSA) is 75.4 Å². The molecule has 0 aromatic carbocycles. The quantitative estimate of drug-likeness (QED) is 0.860. The van der Waals surface area contributed by atoms with Gasteiger partial charge in [-0.3, -0.25) is 0 Å². The summed E-state index contributed by atoms with van der Waals surface area (Å²) < 4.78 is 28.2. The third-order valence-corrected chi connectivity index (χ3v) is 5.42. The molecule has 1 atom stereocenters. The van der Waals surface area contributed by atoms with Crippen LogP contribution in [0.2, 0.25) is 0 Å². The van der Waals surface area contributed by atoms with E-state index in [4.69, 9.17) is 5.11 Å². The summed E-state index contributed by atoms with van der Waals surface area (Å²) in [5.74, 6) is 0.973. The molecule has 1 unspecified atom stereocenters. The molecule has 1 aliphatic rings. The normalized spacial score (nSPS) is 21.1. The first-order chi connectivity index (χ1) is 8.98. The standard InChI is InChI=1S/C12H21N3O3S/c1-3-14-9-12(13-10(14)2)19(17,18)15-6-4-11(8-15)5-7-16/h9,11,16H,3-8H2,1-2H3. The van der Waals surface area contributed by atoms with E-state index < -0.39 is 10.0 Å². The first-order valence-corrected chi connectivity index (χ1v) is 8.07. The lowest BCUT2D eigenvalue weighted by atomic mass is 10.1. The fourth-order valence-corrected chi connectivity index (χ4v) is 4.01. The second-order valence-electron chi connectivity index (χ2n) is 4.94. The fourth-order valence-electron chi connectivity index (χ4n) is 2.49. The average molecular weight is 287 g/mol. The van der Waals surface area contributed by atoms with E-state index in [0.29, 0.717) is 31.9 Å². The Balaban J connectivity index is 2.18. The van der Waals surface area contributed by atoms with E-state index in [-0.39, 0.29) is 17.6 Å². The molecule has 1 saturated heterocycles. The third-order valence-electron chi connectivity index (χ3n) is 3.68. The van der Waals surface area contributed by atoms with Crippen molar-refractivity contribution in [3.8, 4) is 0 Å². The van der Waals surface area contributed by atoms with Gasteiger partial charge in [-0.2, -0.15) is 4.31 Å². The van der Waals surface area contributed by atoms with Crippen LogP contribution in [0.1, 0.15) is 25.6 Å². The third kappa shape index (κ3) is 2.82. The summed E-state index contributed by atoms with van der Waals surface area (Å²) >= 11 is 0. The highest BCUT2D eigenvalue weighted by atomic mass is 32.2. The molecule has 19 heavy (non-hydrogen) atoms. The molecule has 2 rings (SSSR count). The van der Waals surface area contributed by atoms with Gasteiger partial charge in [0.15, 0.2) is 5.03 Å². The Kier molecular flexibility index (Phi) is 4.27. The Morgan fingerprint density at radius 3 is 2.84 bits per heavy atom. The smallest absolute Gasteiger partial charge is 0.262 e. The highest BCUT2D eigenvalue weighted by Crippen LogP contribution is 2.25. The van der Waals surface area contributed by atoms with Gasteiger partial charge < -0.3 is 9.67 Å². The molecular formula is C12H21N3O3S. The molecule has 0 aliphatic carbocycles. The summed E-state index contributed by atoms with van der Waals surface area (Å²) in [6, 6.07) is 0. The summed E-state index contributed by atoms with van der Waals surface area (Å²) in [7, 11) is -3.48. The summed E-state index contributed by atoms with van der Waals surface area (Å²) in [6.07, 6.45) is 3.08. The molecule has 108 valence electrons. The number of hydrogen-bond acceptors (Lipinski definition) is 4. The lowest BCUT2D eigenvalue weighted by molar-refractivity contribution is 0.259. The molecule has 1 aromatic heterocycles. The van der Waals surface area contributed by atoms with Crippen LogP contribution in [-0.4, -0.2) is 47.1 Å². The molecular weight excluding hydrogens is 266 g/mol. The predicted octanol–water partition coefficient (Wildman–Crippen LogP) is 0.604. The molecule has 0 spiro atoms. The molecule has 1 aromatic rings. The second kappa shape index (κ2) is 5.60. The van der Waals surface area contributed by atoms with Crippen LogP contribution < -0.4 is 0 Å². The Hall–Kier alpha value is -0.920. The van der Waals surface area contributed by atoms with Gasteiger partial charge in [0.1, 0.15) is 5.82 Å². The molecule has 1 aliphatic heterocycles. The van der Waals surface area contributed by atoms with Crippen LogP contribution in [0.15, 0.2) is 11.2 Å². The van der Waals surface area contributed by atoms with Gasteiger partial charge in [0.25, 0.3) is 10.0 Å². The van der Waals surface area contributed by atoms with Gasteiger partial charge >= 0.3 is 0 Å². The number of hydrogen-bond donors (Lipinski definition) is 1. The molecule has 6 nitrogen and oxygen atoms in total. The van der Waals surface area contributed by atoms with Crippen LogP contribution >= 0.6 is 0 Å². The monoisotopic (exact) mass is 287 g/mol. The van der Waals surface area contributed by atoms with Gasteiger partial charge in [-0.05, 0) is 32.6 Å². The molecule has 0 radical (unpaired) electrons. The van der Waals surface area contributed by atoms with Crippen molar-refractivity contribution in [1.29, 1.82) is 0 Å². The van der Waals surface area contributed by atoms with Gasteiger partial charge in [-0.1, -0.05) is 0 Å². The van der Waals surface area contributed by atoms with Crippen LogP contribution in [0.25, 0.3) is 0 Å². The largest absolute Gasteiger partial charge is 0.396 e. The maximum absolute atomic E-state index is 12.5. The number of aliphatic hydroxyl groups excluding tert-OH is 1. The van der Waals surface area contributed by atoms with Crippen molar-refractivity contribution in [2.45, 2.75) is 38.3 Å². The first-order valence-electron chi connectivity index (χ1n) is 6.63. The molecule has 0 bridgehead atoms.